The van der Waals surface area contributed by atoms with E-state index in [1.807, 2.05) is 12.2 Å². The van der Waals surface area contributed by atoms with Crippen molar-refractivity contribution in [1.82, 2.24) is 0 Å². The molecule has 0 bridgehead atoms. The maximum Gasteiger partial charge on any atom is 0.0992 e. The van der Waals surface area contributed by atoms with Crippen LogP contribution in [0.5, 0.6) is 0 Å². The van der Waals surface area contributed by atoms with Crippen LogP contribution in [0, 0.1) is 0 Å². The third kappa shape index (κ3) is 5.60. The maximum absolute atomic E-state index is 4.26. The first-order valence-electron chi connectivity index (χ1n) is 15.7. The van der Waals surface area contributed by atoms with Crippen LogP contribution in [-0.4, -0.2) is 8.80 Å². The van der Waals surface area contributed by atoms with Crippen LogP contribution in [0.3, 0.4) is 0 Å². The summed E-state index contributed by atoms with van der Waals surface area (Å²) in [5, 5.41) is 8.33. The minimum Gasteiger partial charge on any atom is -0.0991 e. The van der Waals surface area contributed by atoms with Crippen molar-refractivity contribution in [2.24, 2.45) is 0 Å². The summed E-state index contributed by atoms with van der Waals surface area (Å²) in [5.41, 5.74) is 9.81. The number of fused-ring (bicyclic) bond motifs is 6. The van der Waals surface area contributed by atoms with Crippen LogP contribution in [0.1, 0.15) is 53.5 Å². The summed E-state index contributed by atoms with van der Waals surface area (Å²) >= 11 is 0. The zero-order valence-electron chi connectivity index (χ0n) is 26.1. The largest absolute Gasteiger partial charge is 0.0992 e. The van der Waals surface area contributed by atoms with Crippen LogP contribution < -0.4 is 0 Å². The molecule has 7 rings (SSSR count). The van der Waals surface area contributed by atoms with E-state index in [1.54, 1.807) is 0 Å². The number of allylic oxidation sites excluding steroid dienone is 8. The summed E-state index contributed by atoms with van der Waals surface area (Å²) in [6.45, 7) is 13.2. The fraction of sp³-hybridized carbons (Fsp3) is 0.116. The molecule has 0 heterocycles. The Bertz CT molecular complexity index is 1930. The first-order valence-corrected chi connectivity index (χ1v) is 17.6. The molecule has 0 radical (unpaired) electrons. The summed E-state index contributed by atoms with van der Waals surface area (Å²) in [4.78, 5) is 0. The Labute approximate surface area is 288 Å². The average molecular weight is 674 g/mol. The van der Waals surface area contributed by atoms with Crippen LogP contribution in [0.15, 0.2) is 162 Å². The molecule has 2 unspecified atom stereocenters. The van der Waals surface area contributed by atoms with Crippen molar-refractivity contribution in [1.29, 1.82) is 0 Å². The van der Waals surface area contributed by atoms with Gasteiger partial charge in [-0.1, -0.05) is 180 Å². The molecule has 5 aromatic carbocycles. The molecule has 0 spiro atoms. The standard InChI is InChI=1S/C43H38Si.Zr/c1-5-14-40(42-29(3)26-38-34-20-12-10-18-32(34)22-24-36(38)42)44(28-31-16-8-7-9-17-31)41(15-6-2)43-30(4)27-39-35-21-13-11-19-33(35)23-25-37(39)43;/h5-27,42-44H,1-2,28H2,3-4H3;. The quantitative estimate of drug-likeness (QED) is 0.114. The summed E-state index contributed by atoms with van der Waals surface area (Å²) in [7, 11) is -1.85. The zero-order valence-corrected chi connectivity index (χ0v) is 29.7. The molecular weight excluding hydrogens is 636 g/mol. The van der Waals surface area contributed by atoms with Crippen molar-refractivity contribution in [3.63, 3.8) is 0 Å². The number of hydrogen-bond donors (Lipinski definition) is 0. The molecule has 0 saturated heterocycles. The molecule has 0 fully saturated rings. The summed E-state index contributed by atoms with van der Waals surface area (Å²) in [5.74, 6) is 0.478. The van der Waals surface area contributed by atoms with E-state index in [2.05, 4.69) is 154 Å². The Balaban J connectivity index is 0.00000357. The predicted octanol–water partition coefficient (Wildman–Crippen LogP) is 11.0. The fourth-order valence-electron chi connectivity index (χ4n) is 7.83. The molecule has 2 atom stereocenters. The van der Waals surface area contributed by atoms with E-state index in [4.69, 9.17) is 0 Å². The van der Waals surface area contributed by atoms with Crippen molar-refractivity contribution in [3.8, 4) is 0 Å². The third-order valence-corrected chi connectivity index (χ3v) is 13.2. The van der Waals surface area contributed by atoms with Crippen LogP contribution in [0.25, 0.3) is 33.7 Å². The number of rotatable bonds is 8. The van der Waals surface area contributed by atoms with E-state index < -0.39 is 8.80 Å². The molecule has 0 amide bonds. The normalized spacial score (nSPS) is 18.1. The summed E-state index contributed by atoms with van der Waals surface area (Å²) in [6, 6.07) is 39.1. The van der Waals surface area contributed by atoms with Gasteiger partial charge in [-0.25, -0.2) is 0 Å². The van der Waals surface area contributed by atoms with Gasteiger partial charge in [0.05, 0.1) is 8.80 Å². The Morgan fingerprint density at radius 3 is 1.51 bits per heavy atom. The Kier molecular flexibility index (Phi) is 9.18. The molecule has 45 heavy (non-hydrogen) atoms. The van der Waals surface area contributed by atoms with E-state index in [0.717, 1.165) is 6.04 Å². The van der Waals surface area contributed by atoms with E-state index in [0.29, 0.717) is 0 Å². The Morgan fingerprint density at radius 2 is 1.04 bits per heavy atom. The van der Waals surface area contributed by atoms with Gasteiger partial charge in [-0.2, -0.15) is 0 Å². The molecular formula is C43H38SiZr. The second-order valence-electron chi connectivity index (χ2n) is 12.3. The molecule has 0 nitrogen and oxygen atoms in total. The molecule has 0 aromatic heterocycles. The van der Waals surface area contributed by atoms with E-state index in [-0.39, 0.29) is 38.0 Å². The van der Waals surface area contributed by atoms with Gasteiger partial charge >= 0.3 is 0 Å². The predicted molar refractivity (Wildman–Crippen MR) is 195 cm³/mol. The van der Waals surface area contributed by atoms with Crippen LogP contribution in [0.2, 0.25) is 0 Å². The van der Waals surface area contributed by atoms with Crippen molar-refractivity contribution in [2.75, 3.05) is 0 Å². The molecule has 2 aliphatic rings. The van der Waals surface area contributed by atoms with Gasteiger partial charge in [0.2, 0.25) is 0 Å². The van der Waals surface area contributed by atoms with E-state index in [9.17, 15) is 0 Å². The van der Waals surface area contributed by atoms with Crippen molar-refractivity contribution >= 4 is 42.5 Å². The second-order valence-corrected chi connectivity index (χ2v) is 15.1. The second kappa shape index (κ2) is 13.3. The van der Waals surface area contributed by atoms with Crippen LogP contribution in [0.4, 0.5) is 0 Å². The van der Waals surface area contributed by atoms with Crippen LogP contribution >= 0.6 is 0 Å². The topological polar surface area (TPSA) is 0 Å². The third-order valence-electron chi connectivity index (χ3n) is 9.66. The summed E-state index contributed by atoms with van der Waals surface area (Å²) < 4.78 is 0. The zero-order chi connectivity index (χ0) is 30.2. The number of benzene rings is 5. The average Bonchev–Trinajstić information content (AvgIpc) is 3.58. The van der Waals surface area contributed by atoms with Gasteiger partial charge in [0.15, 0.2) is 0 Å². The molecule has 0 saturated carbocycles. The van der Waals surface area contributed by atoms with Gasteiger partial charge in [-0.3, -0.25) is 0 Å². The minimum atomic E-state index is -1.85. The maximum atomic E-state index is 4.26. The van der Waals surface area contributed by atoms with Crippen LogP contribution in [-0.2, 0) is 32.2 Å². The van der Waals surface area contributed by atoms with E-state index in [1.165, 1.54) is 70.9 Å². The monoisotopic (exact) mass is 672 g/mol. The van der Waals surface area contributed by atoms with Crippen molar-refractivity contribution in [2.45, 2.75) is 31.7 Å². The first kappa shape index (κ1) is 31.2. The molecule has 218 valence electrons. The van der Waals surface area contributed by atoms with Gasteiger partial charge in [0.25, 0.3) is 0 Å². The summed E-state index contributed by atoms with van der Waals surface area (Å²) in [6.07, 6.45) is 13.6. The van der Waals surface area contributed by atoms with Gasteiger partial charge in [0.1, 0.15) is 0 Å². The first-order chi connectivity index (χ1) is 21.6. The molecule has 2 aliphatic carbocycles. The SMILES string of the molecule is C=CC=C(C1C(C)=Cc2c1ccc1ccccc21)[SiH](Cc1ccccc1)C(=CC=C)C1C(C)=Cc2c1ccc1ccccc21.[Zr]. The molecule has 0 aliphatic heterocycles. The fourth-order valence-corrected chi connectivity index (χ4v) is 11.9. The Morgan fingerprint density at radius 1 is 0.600 bits per heavy atom. The Hall–Kier alpha value is -3.84. The van der Waals surface area contributed by atoms with Gasteiger partial charge < -0.3 is 0 Å². The van der Waals surface area contributed by atoms with Gasteiger partial charge in [-0.05, 0) is 63.7 Å². The minimum absolute atomic E-state index is 0. The molecule has 5 aromatic rings. The van der Waals surface area contributed by atoms with E-state index >= 15 is 0 Å². The van der Waals surface area contributed by atoms with Crippen molar-refractivity contribution in [3.05, 3.63) is 190 Å². The van der Waals surface area contributed by atoms with Gasteiger partial charge in [0, 0.05) is 38.0 Å². The number of hydrogen-bond acceptors (Lipinski definition) is 0. The smallest absolute Gasteiger partial charge is 0.0991 e. The molecule has 2 heteroatoms. The van der Waals surface area contributed by atoms with Crippen molar-refractivity contribution < 1.29 is 26.2 Å². The molecule has 0 N–H and O–H groups in total. The van der Waals surface area contributed by atoms with Gasteiger partial charge in [-0.15, -0.1) is 0 Å².